The number of carbonyl (C=O) groups excluding carboxylic acids is 2. The Bertz CT molecular complexity index is 1910. The monoisotopic (exact) mass is 626 g/mol. The molecule has 0 unspecified atom stereocenters. The zero-order chi connectivity index (χ0) is 32.4. The second-order valence-electron chi connectivity index (χ2n) is 11.6. The van der Waals surface area contributed by atoms with Crippen molar-refractivity contribution in [3.8, 4) is 11.1 Å². The molecule has 1 aliphatic rings. The molecule has 3 heterocycles. The predicted octanol–water partition coefficient (Wildman–Crippen LogP) is 5.18. The van der Waals surface area contributed by atoms with Crippen molar-refractivity contribution in [2.75, 3.05) is 26.2 Å². The van der Waals surface area contributed by atoms with Crippen molar-refractivity contribution < 1.29 is 28.6 Å². The minimum atomic E-state index is -1.16. The molecule has 1 aliphatic heterocycles. The van der Waals surface area contributed by atoms with Gasteiger partial charge in [-0.1, -0.05) is 42.5 Å². The van der Waals surface area contributed by atoms with Crippen molar-refractivity contribution in [2.24, 2.45) is 7.05 Å². The molecule has 0 aliphatic carbocycles. The van der Waals surface area contributed by atoms with E-state index >= 15 is 4.39 Å². The lowest BCUT2D eigenvalue weighted by molar-refractivity contribution is -0.138. The largest absolute Gasteiger partial charge is 0.480 e. The van der Waals surface area contributed by atoms with Crippen LogP contribution in [0.1, 0.15) is 36.9 Å². The van der Waals surface area contributed by atoms with Crippen LogP contribution in [0.4, 0.5) is 9.18 Å². The number of likely N-dealkylation sites (tertiary alicyclic amines) is 1. The van der Waals surface area contributed by atoms with E-state index in [0.717, 1.165) is 32.6 Å². The summed E-state index contributed by atoms with van der Waals surface area (Å²) in [4.78, 5) is 39.7. The van der Waals surface area contributed by atoms with E-state index in [4.69, 9.17) is 9.84 Å². The predicted molar refractivity (Wildman–Crippen MR) is 169 cm³/mol. The number of carboxylic acids is 1. The van der Waals surface area contributed by atoms with Crippen LogP contribution in [-0.2, 0) is 34.5 Å². The van der Waals surface area contributed by atoms with Crippen LogP contribution in [0.15, 0.2) is 66.9 Å². The molecular weight excluding hydrogens is 591 g/mol. The van der Waals surface area contributed by atoms with Crippen LogP contribution in [0.3, 0.4) is 0 Å². The molecule has 2 amide bonds. The Kier molecular flexibility index (Phi) is 8.69. The molecule has 3 aromatic carbocycles. The average molecular weight is 627 g/mol. The first kappa shape index (κ1) is 30.8. The molecule has 0 spiro atoms. The van der Waals surface area contributed by atoms with Crippen molar-refractivity contribution in [3.63, 3.8) is 0 Å². The standard InChI is InChI=1S/C34H35FN6O5/c1-22(42)39-13-11-24(12-14-39)33-32-26(27-18-30-25(17-28(27)35)19-36-38(30)2)9-6-10-29(32)41(37-33)16-15-40(20-31(43)44)34(45)46-21-23-7-4-3-5-8-23/h3-10,17-19,24H,11-16,20-21H2,1-2H3,(H,43,44). The van der Waals surface area contributed by atoms with Crippen molar-refractivity contribution in [1.29, 1.82) is 0 Å². The van der Waals surface area contributed by atoms with Crippen molar-refractivity contribution >= 4 is 39.8 Å². The topological polar surface area (TPSA) is 123 Å². The Hall–Kier alpha value is -5.26. The van der Waals surface area contributed by atoms with Crippen LogP contribution in [-0.4, -0.2) is 78.6 Å². The number of aromatic nitrogens is 4. The van der Waals surface area contributed by atoms with Gasteiger partial charge in [-0.25, -0.2) is 9.18 Å². The fourth-order valence-corrected chi connectivity index (χ4v) is 6.21. The van der Waals surface area contributed by atoms with Gasteiger partial charge in [0.25, 0.3) is 0 Å². The van der Waals surface area contributed by atoms with Gasteiger partial charge in [-0.2, -0.15) is 10.2 Å². The van der Waals surface area contributed by atoms with Gasteiger partial charge in [0.2, 0.25) is 5.91 Å². The number of nitrogens with zero attached hydrogens (tertiary/aromatic N) is 6. The van der Waals surface area contributed by atoms with E-state index in [9.17, 15) is 19.5 Å². The number of hydrogen-bond donors (Lipinski definition) is 1. The van der Waals surface area contributed by atoms with E-state index in [1.165, 1.54) is 6.07 Å². The molecule has 5 aromatic rings. The van der Waals surface area contributed by atoms with E-state index in [0.29, 0.717) is 42.4 Å². The highest BCUT2D eigenvalue weighted by atomic mass is 19.1. The summed E-state index contributed by atoms with van der Waals surface area (Å²) in [6.45, 7) is 2.43. The van der Waals surface area contributed by atoms with Crippen LogP contribution in [0, 0.1) is 5.82 Å². The summed E-state index contributed by atoms with van der Waals surface area (Å²) in [6, 6.07) is 18.0. The summed E-state index contributed by atoms with van der Waals surface area (Å²) in [5, 5.41) is 20.3. The highest BCUT2D eigenvalue weighted by Crippen LogP contribution is 2.39. The van der Waals surface area contributed by atoms with Gasteiger partial charge in [0.05, 0.1) is 29.5 Å². The first-order valence-electron chi connectivity index (χ1n) is 15.2. The number of carbonyl (C=O) groups is 3. The molecule has 0 atom stereocenters. The first-order valence-corrected chi connectivity index (χ1v) is 15.2. The zero-order valence-electron chi connectivity index (χ0n) is 25.7. The number of fused-ring (bicyclic) bond motifs is 2. The molecule has 1 saturated heterocycles. The Morgan fingerprint density at radius 2 is 1.78 bits per heavy atom. The second-order valence-corrected chi connectivity index (χ2v) is 11.6. The van der Waals surface area contributed by atoms with E-state index in [-0.39, 0.29) is 37.3 Å². The third-order valence-electron chi connectivity index (χ3n) is 8.63. The Balaban J connectivity index is 1.36. The highest BCUT2D eigenvalue weighted by molar-refractivity contribution is 5.99. The van der Waals surface area contributed by atoms with Crippen LogP contribution in [0.5, 0.6) is 0 Å². The summed E-state index contributed by atoms with van der Waals surface area (Å²) in [5.74, 6) is -1.51. The smallest absolute Gasteiger partial charge is 0.410 e. The SMILES string of the molecule is CC(=O)N1CCC(c2nn(CCN(CC(=O)O)C(=O)OCc3ccccc3)c3cccc(-c4cc5c(cnn5C)cc4F)c23)CC1. The molecule has 6 rings (SSSR count). The number of amides is 2. The van der Waals surface area contributed by atoms with Gasteiger partial charge < -0.3 is 14.7 Å². The van der Waals surface area contributed by atoms with Gasteiger partial charge in [-0.15, -0.1) is 0 Å². The Morgan fingerprint density at radius 1 is 1.02 bits per heavy atom. The maximum atomic E-state index is 15.7. The minimum absolute atomic E-state index is 0.00922. The van der Waals surface area contributed by atoms with Crippen molar-refractivity contribution in [2.45, 2.75) is 38.8 Å². The maximum Gasteiger partial charge on any atom is 0.410 e. The highest BCUT2D eigenvalue weighted by Gasteiger charge is 2.29. The molecule has 46 heavy (non-hydrogen) atoms. The minimum Gasteiger partial charge on any atom is -0.480 e. The summed E-state index contributed by atoms with van der Waals surface area (Å²) >= 11 is 0. The number of benzene rings is 3. The quantitative estimate of drug-likeness (QED) is 0.239. The Labute approximate surface area is 264 Å². The van der Waals surface area contributed by atoms with Crippen LogP contribution < -0.4 is 0 Å². The fraction of sp³-hybridized carbons (Fsp3) is 0.324. The van der Waals surface area contributed by atoms with Gasteiger partial charge in [-0.3, -0.25) is 23.9 Å². The fourth-order valence-electron chi connectivity index (χ4n) is 6.21. The lowest BCUT2D eigenvalue weighted by Crippen LogP contribution is -2.38. The maximum absolute atomic E-state index is 15.7. The van der Waals surface area contributed by atoms with Crippen LogP contribution in [0.25, 0.3) is 32.9 Å². The molecule has 12 heteroatoms. The van der Waals surface area contributed by atoms with E-state index < -0.39 is 18.6 Å². The van der Waals surface area contributed by atoms with Gasteiger partial charge in [0, 0.05) is 55.9 Å². The number of carboxylic acid groups (broad SMARTS) is 1. The molecule has 0 bridgehead atoms. The number of aliphatic carboxylic acids is 1. The number of ether oxygens (including phenoxy) is 1. The molecule has 238 valence electrons. The number of rotatable bonds is 9. The molecule has 2 aromatic heterocycles. The van der Waals surface area contributed by atoms with Gasteiger partial charge >= 0.3 is 12.1 Å². The number of halogens is 1. The van der Waals surface area contributed by atoms with Gasteiger partial charge in [0.1, 0.15) is 19.0 Å². The lowest BCUT2D eigenvalue weighted by Gasteiger charge is -2.30. The summed E-state index contributed by atoms with van der Waals surface area (Å²) in [5.41, 5.74) is 4.19. The summed E-state index contributed by atoms with van der Waals surface area (Å²) < 4.78 is 24.6. The van der Waals surface area contributed by atoms with Crippen molar-refractivity contribution in [3.05, 3.63) is 83.9 Å². The van der Waals surface area contributed by atoms with E-state index in [1.54, 1.807) is 28.6 Å². The number of aryl methyl sites for hydroxylation is 1. The average Bonchev–Trinajstić information content (AvgIpc) is 3.61. The third kappa shape index (κ3) is 6.28. The first-order chi connectivity index (χ1) is 22.2. The van der Waals surface area contributed by atoms with Gasteiger partial charge in [0.15, 0.2) is 0 Å². The van der Waals surface area contributed by atoms with Crippen LogP contribution in [0.2, 0.25) is 0 Å². The number of piperidine rings is 1. The molecule has 1 fully saturated rings. The molecule has 11 nitrogen and oxygen atoms in total. The summed E-state index contributed by atoms with van der Waals surface area (Å²) in [7, 11) is 1.81. The zero-order valence-corrected chi connectivity index (χ0v) is 25.7. The molecule has 1 N–H and O–H groups in total. The third-order valence-corrected chi connectivity index (χ3v) is 8.63. The van der Waals surface area contributed by atoms with Gasteiger partial charge in [-0.05, 0) is 42.2 Å². The lowest BCUT2D eigenvalue weighted by atomic mass is 9.89. The summed E-state index contributed by atoms with van der Waals surface area (Å²) in [6.07, 6.45) is 2.27. The second kappa shape index (κ2) is 13.0. The van der Waals surface area contributed by atoms with E-state index in [2.05, 4.69) is 5.10 Å². The van der Waals surface area contributed by atoms with Crippen molar-refractivity contribution in [1.82, 2.24) is 29.4 Å². The normalized spacial score (nSPS) is 13.8. The molecular formula is C34H35FN6O5. The molecule has 0 saturated carbocycles. The number of hydrogen-bond acceptors (Lipinski definition) is 6. The molecule has 0 radical (unpaired) electrons. The van der Waals surface area contributed by atoms with Crippen LogP contribution >= 0.6 is 0 Å². The van der Waals surface area contributed by atoms with E-state index in [1.807, 2.05) is 60.5 Å². The Morgan fingerprint density at radius 3 is 2.50 bits per heavy atom.